The van der Waals surface area contributed by atoms with Gasteiger partial charge in [0.25, 0.3) is 0 Å². The topological polar surface area (TPSA) is 53.8 Å². The third-order valence-corrected chi connectivity index (χ3v) is 4.01. The zero-order chi connectivity index (χ0) is 12.7. The summed E-state index contributed by atoms with van der Waals surface area (Å²) in [5, 5.41) is 17.0. The van der Waals surface area contributed by atoms with Gasteiger partial charge in [-0.05, 0) is 39.2 Å². The Bertz CT molecular complexity index is 542. The lowest BCUT2D eigenvalue weighted by Crippen LogP contribution is -2.15. The molecule has 0 bridgehead atoms. The first-order valence-electron chi connectivity index (χ1n) is 6.56. The number of aryl methyl sites for hydroxylation is 1. The van der Waals surface area contributed by atoms with Gasteiger partial charge in [-0.3, -0.25) is 5.10 Å². The predicted octanol–water partition coefficient (Wildman–Crippen LogP) is 2.50. The molecule has 2 N–H and O–H groups in total. The lowest BCUT2D eigenvalue weighted by Gasteiger charge is -2.23. The molecule has 1 aliphatic rings. The van der Waals surface area contributed by atoms with Crippen molar-refractivity contribution in [3.8, 4) is 0 Å². The standard InChI is InChI=1S/C14H19N3O/c1-9-6-12-13(4-3-5-14(12)18)17(9)10(2)11-7-15-16-8-11/h6-8,10,14,18H,3-5H2,1-2H3,(H,15,16). The summed E-state index contributed by atoms with van der Waals surface area (Å²) in [7, 11) is 0. The maximum atomic E-state index is 10.1. The van der Waals surface area contributed by atoms with Crippen LogP contribution in [0.2, 0.25) is 0 Å². The van der Waals surface area contributed by atoms with Gasteiger partial charge in [0.15, 0.2) is 0 Å². The van der Waals surface area contributed by atoms with Gasteiger partial charge in [0, 0.05) is 28.7 Å². The molecular weight excluding hydrogens is 226 g/mol. The fourth-order valence-electron chi connectivity index (χ4n) is 3.08. The van der Waals surface area contributed by atoms with Gasteiger partial charge in [0.1, 0.15) is 0 Å². The van der Waals surface area contributed by atoms with Gasteiger partial charge in [-0.25, -0.2) is 0 Å². The van der Waals surface area contributed by atoms with Crippen LogP contribution in [0.15, 0.2) is 18.5 Å². The third-order valence-electron chi connectivity index (χ3n) is 4.01. The average molecular weight is 245 g/mol. The first-order valence-corrected chi connectivity index (χ1v) is 6.56. The summed E-state index contributed by atoms with van der Waals surface area (Å²) < 4.78 is 2.34. The summed E-state index contributed by atoms with van der Waals surface area (Å²) in [6.45, 7) is 4.29. The molecule has 1 aliphatic carbocycles. The number of hydrogen-bond donors (Lipinski definition) is 2. The van der Waals surface area contributed by atoms with Crippen molar-refractivity contribution in [3.05, 3.63) is 41.0 Å². The smallest absolute Gasteiger partial charge is 0.0807 e. The third kappa shape index (κ3) is 1.68. The number of nitrogens with zero attached hydrogens (tertiary/aromatic N) is 2. The molecule has 0 saturated carbocycles. The first-order chi connectivity index (χ1) is 8.68. The molecule has 2 unspecified atom stereocenters. The van der Waals surface area contributed by atoms with E-state index >= 15 is 0 Å². The van der Waals surface area contributed by atoms with E-state index in [2.05, 4.69) is 34.7 Å². The highest BCUT2D eigenvalue weighted by atomic mass is 16.3. The Kier molecular flexibility index (Phi) is 2.74. The molecule has 0 aromatic carbocycles. The lowest BCUT2D eigenvalue weighted by atomic mass is 9.95. The second-order valence-corrected chi connectivity index (χ2v) is 5.17. The van der Waals surface area contributed by atoms with Crippen molar-refractivity contribution in [1.29, 1.82) is 0 Å². The highest BCUT2D eigenvalue weighted by Crippen LogP contribution is 2.35. The number of aromatic amines is 1. The quantitative estimate of drug-likeness (QED) is 0.854. The number of H-pyrrole nitrogens is 1. The number of aliphatic hydroxyl groups excluding tert-OH is 1. The van der Waals surface area contributed by atoms with Crippen LogP contribution in [0.4, 0.5) is 0 Å². The van der Waals surface area contributed by atoms with E-state index in [0.717, 1.165) is 24.8 Å². The summed E-state index contributed by atoms with van der Waals surface area (Å²) in [5.74, 6) is 0. The second-order valence-electron chi connectivity index (χ2n) is 5.17. The molecule has 0 spiro atoms. The first kappa shape index (κ1) is 11.5. The van der Waals surface area contributed by atoms with Gasteiger partial charge in [-0.15, -0.1) is 0 Å². The summed E-state index contributed by atoms with van der Waals surface area (Å²) in [5.41, 5.74) is 4.81. The Morgan fingerprint density at radius 2 is 2.39 bits per heavy atom. The predicted molar refractivity (Wildman–Crippen MR) is 69.5 cm³/mol. The fraction of sp³-hybridized carbons (Fsp3) is 0.500. The minimum atomic E-state index is -0.287. The van der Waals surface area contributed by atoms with Gasteiger partial charge >= 0.3 is 0 Å². The minimum Gasteiger partial charge on any atom is -0.388 e. The van der Waals surface area contributed by atoms with Gasteiger partial charge in [-0.1, -0.05) is 0 Å². The Balaban J connectivity index is 2.07. The maximum Gasteiger partial charge on any atom is 0.0807 e. The summed E-state index contributed by atoms with van der Waals surface area (Å²) in [6.07, 6.45) is 6.53. The Labute approximate surface area is 107 Å². The minimum absolute atomic E-state index is 0.262. The Hall–Kier alpha value is -1.55. The molecule has 0 fully saturated rings. The zero-order valence-corrected chi connectivity index (χ0v) is 10.8. The van der Waals surface area contributed by atoms with Crippen LogP contribution in [0, 0.1) is 6.92 Å². The monoisotopic (exact) mass is 245 g/mol. The van der Waals surface area contributed by atoms with Crippen LogP contribution >= 0.6 is 0 Å². The van der Waals surface area contributed by atoms with Crippen molar-refractivity contribution in [2.24, 2.45) is 0 Å². The molecular formula is C14H19N3O. The van der Waals surface area contributed by atoms with E-state index in [0.29, 0.717) is 0 Å². The molecule has 2 atom stereocenters. The summed E-state index contributed by atoms with van der Waals surface area (Å²) in [4.78, 5) is 0. The summed E-state index contributed by atoms with van der Waals surface area (Å²) >= 11 is 0. The van der Waals surface area contributed by atoms with Gasteiger partial charge in [-0.2, -0.15) is 5.10 Å². The molecule has 4 heteroatoms. The number of hydrogen-bond acceptors (Lipinski definition) is 2. The van der Waals surface area contributed by atoms with Crippen molar-refractivity contribution < 1.29 is 5.11 Å². The molecule has 0 saturated heterocycles. The molecule has 2 heterocycles. The van der Waals surface area contributed by atoms with Crippen molar-refractivity contribution >= 4 is 0 Å². The summed E-state index contributed by atoms with van der Waals surface area (Å²) in [6, 6.07) is 2.40. The zero-order valence-electron chi connectivity index (χ0n) is 10.8. The number of aliphatic hydroxyl groups is 1. The van der Waals surface area contributed by atoms with Crippen molar-refractivity contribution in [2.75, 3.05) is 0 Å². The van der Waals surface area contributed by atoms with Crippen LogP contribution in [0.1, 0.15) is 54.4 Å². The Morgan fingerprint density at radius 1 is 1.56 bits per heavy atom. The molecule has 3 rings (SSSR count). The average Bonchev–Trinajstić information content (AvgIpc) is 2.96. The highest BCUT2D eigenvalue weighted by molar-refractivity contribution is 5.34. The van der Waals surface area contributed by atoms with Crippen molar-refractivity contribution in [3.63, 3.8) is 0 Å². The van der Waals surface area contributed by atoms with Crippen LogP contribution in [-0.2, 0) is 6.42 Å². The van der Waals surface area contributed by atoms with Crippen molar-refractivity contribution in [2.45, 2.75) is 45.3 Å². The van der Waals surface area contributed by atoms with Crippen molar-refractivity contribution in [1.82, 2.24) is 14.8 Å². The van der Waals surface area contributed by atoms with E-state index in [-0.39, 0.29) is 12.1 Å². The maximum absolute atomic E-state index is 10.1. The molecule has 4 nitrogen and oxygen atoms in total. The normalized spacial score (nSPS) is 20.7. The Morgan fingerprint density at radius 3 is 3.11 bits per heavy atom. The number of aromatic nitrogens is 3. The van der Waals surface area contributed by atoms with E-state index in [1.54, 1.807) is 0 Å². The lowest BCUT2D eigenvalue weighted by molar-refractivity contribution is 0.155. The molecule has 0 radical (unpaired) electrons. The van der Waals surface area contributed by atoms with Crippen LogP contribution in [0.3, 0.4) is 0 Å². The molecule has 2 aromatic heterocycles. The molecule has 18 heavy (non-hydrogen) atoms. The second kappa shape index (κ2) is 4.28. The van der Waals surface area contributed by atoms with Crippen LogP contribution in [-0.4, -0.2) is 19.9 Å². The number of fused-ring (bicyclic) bond motifs is 1. The van der Waals surface area contributed by atoms with E-state index in [4.69, 9.17) is 0 Å². The fourth-order valence-corrected chi connectivity index (χ4v) is 3.08. The number of nitrogens with one attached hydrogen (secondary N) is 1. The van der Waals surface area contributed by atoms with Crippen LogP contribution in [0.5, 0.6) is 0 Å². The van der Waals surface area contributed by atoms with Crippen LogP contribution < -0.4 is 0 Å². The van der Waals surface area contributed by atoms with E-state index < -0.39 is 0 Å². The number of rotatable bonds is 2. The van der Waals surface area contributed by atoms with Gasteiger partial charge < -0.3 is 9.67 Å². The van der Waals surface area contributed by atoms with E-state index in [1.807, 2.05) is 12.4 Å². The molecule has 0 aliphatic heterocycles. The SMILES string of the molecule is Cc1cc2c(n1C(C)c1cn[nH]c1)CCCC2O. The molecule has 96 valence electrons. The van der Waals surface area contributed by atoms with E-state index in [9.17, 15) is 5.11 Å². The molecule has 0 amide bonds. The molecule has 2 aromatic rings. The van der Waals surface area contributed by atoms with Gasteiger partial charge in [0.2, 0.25) is 0 Å². The van der Waals surface area contributed by atoms with Gasteiger partial charge in [0.05, 0.1) is 18.3 Å². The van der Waals surface area contributed by atoms with E-state index in [1.165, 1.54) is 17.0 Å². The largest absolute Gasteiger partial charge is 0.388 e. The highest BCUT2D eigenvalue weighted by Gasteiger charge is 2.25. The van der Waals surface area contributed by atoms with Crippen LogP contribution in [0.25, 0.3) is 0 Å².